The molecule has 1 heterocycles. The third kappa shape index (κ3) is 17.0. The largest absolute Gasteiger partial charge is 0.321 e. The first-order valence-electron chi connectivity index (χ1n) is 16.0. The molecular weight excluding hydrogens is 446 g/mol. The van der Waals surface area contributed by atoms with E-state index in [2.05, 4.69) is 31.4 Å². The molecule has 36 heavy (non-hydrogen) atoms. The van der Waals surface area contributed by atoms with Crippen molar-refractivity contribution in [3.05, 3.63) is 0 Å². The van der Waals surface area contributed by atoms with E-state index >= 15 is 0 Å². The van der Waals surface area contributed by atoms with Crippen molar-refractivity contribution in [2.45, 2.75) is 148 Å². The lowest BCUT2D eigenvalue weighted by Crippen LogP contribution is -2.59. The molecule has 214 valence electrons. The smallest absolute Gasteiger partial charge is 0.230 e. The SMILES string of the molecule is CCCCCCCCCCCCCCCCCC[N+]1(CCCN(C)C)CCCCC1CCONC=O. The molecule has 0 saturated carbocycles. The lowest BCUT2D eigenvalue weighted by Gasteiger charge is -2.48. The summed E-state index contributed by atoms with van der Waals surface area (Å²) in [5, 5.41) is 0. The number of hydrogen-bond acceptors (Lipinski definition) is 3. The molecular formula is C31H64N3O2+. The topological polar surface area (TPSA) is 41.6 Å². The zero-order valence-electron chi connectivity index (χ0n) is 24.8. The molecule has 0 aromatic rings. The second kappa shape index (κ2) is 23.5. The van der Waals surface area contributed by atoms with E-state index in [1.165, 1.54) is 159 Å². The third-order valence-electron chi connectivity index (χ3n) is 8.52. The first-order valence-corrected chi connectivity index (χ1v) is 16.0. The highest BCUT2D eigenvalue weighted by Gasteiger charge is 2.38. The van der Waals surface area contributed by atoms with Gasteiger partial charge in [-0.3, -0.25) is 9.63 Å². The highest BCUT2D eigenvalue weighted by Crippen LogP contribution is 2.30. The quantitative estimate of drug-likeness (QED) is 0.0563. The maximum Gasteiger partial charge on any atom is 0.230 e. The normalized spacial score (nSPS) is 20.2. The number of rotatable bonds is 26. The Morgan fingerprint density at radius 1 is 0.778 bits per heavy atom. The van der Waals surface area contributed by atoms with Crippen LogP contribution in [-0.2, 0) is 9.63 Å². The van der Waals surface area contributed by atoms with Crippen LogP contribution in [0.2, 0.25) is 0 Å². The van der Waals surface area contributed by atoms with Crippen molar-refractivity contribution in [1.82, 2.24) is 10.4 Å². The van der Waals surface area contributed by atoms with Gasteiger partial charge in [0.1, 0.15) is 0 Å². The molecule has 0 aromatic carbocycles. The monoisotopic (exact) mass is 510 g/mol. The Labute approximate surface area is 225 Å². The second-order valence-electron chi connectivity index (χ2n) is 11.9. The van der Waals surface area contributed by atoms with Gasteiger partial charge in [-0.1, -0.05) is 96.8 Å². The molecule has 0 aromatic heterocycles. The predicted molar refractivity (Wildman–Crippen MR) is 155 cm³/mol. The van der Waals surface area contributed by atoms with E-state index in [1.807, 2.05) is 0 Å². The first-order chi connectivity index (χ1) is 17.6. The van der Waals surface area contributed by atoms with E-state index in [-0.39, 0.29) is 0 Å². The number of hydroxylamine groups is 1. The molecule has 1 rings (SSSR count). The van der Waals surface area contributed by atoms with Crippen molar-refractivity contribution in [3.63, 3.8) is 0 Å². The standard InChI is InChI=1S/C31H63N3O2/c1-4-5-6-7-8-9-10-11-12-13-14-15-16-17-18-20-26-34(28-22-25-33(2)3)27-21-19-23-31(34)24-29-36-32-30-35/h30-31H,4-29H2,1-3H3/p+1. The van der Waals surface area contributed by atoms with Gasteiger partial charge in [0.05, 0.1) is 32.3 Å². The molecule has 2 atom stereocenters. The molecule has 1 N–H and O–H groups in total. The fourth-order valence-electron chi connectivity index (χ4n) is 6.35. The van der Waals surface area contributed by atoms with Crippen LogP contribution in [0.3, 0.4) is 0 Å². The zero-order valence-corrected chi connectivity index (χ0v) is 24.8. The lowest BCUT2D eigenvalue weighted by molar-refractivity contribution is -0.956. The molecule has 1 aliphatic heterocycles. The van der Waals surface area contributed by atoms with Crippen LogP contribution >= 0.6 is 0 Å². The average molecular weight is 511 g/mol. The summed E-state index contributed by atoms with van der Waals surface area (Å²) in [5.41, 5.74) is 2.38. The number of nitrogens with one attached hydrogen (secondary N) is 1. The van der Waals surface area contributed by atoms with Crippen molar-refractivity contribution < 1.29 is 14.1 Å². The number of likely N-dealkylation sites (tertiary alicyclic amines) is 1. The summed E-state index contributed by atoms with van der Waals surface area (Å²) < 4.78 is 1.29. The molecule has 0 bridgehead atoms. The highest BCUT2D eigenvalue weighted by molar-refractivity contribution is 5.43. The fourth-order valence-corrected chi connectivity index (χ4v) is 6.35. The number of piperidine rings is 1. The van der Waals surface area contributed by atoms with Gasteiger partial charge < -0.3 is 9.38 Å². The van der Waals surface area contributed by atoms with Crippen molar-refractivity contribution in [2.24, 2.45) is 0 Å². The fraction of sp³-hybridized carbons (Fsp3) is 0.968. The maximum atomic E-state index is 10.5. The van der Waals surface area contributed by atoms with Gasteiger partial charge >= 0.3 is 0 Å². The van der Waals surface area contributed by atoms with Gasteiger partial charge in [-0.2, -0.15) is 0 Å². The Morgan fingerprint density at radius 2 is 1.31 bits per heavy atom. The molecule has 0 spiro atoms. The van der Waals surface area contributed by atoms with E-state index in [1.54, 1.807) is 0 Å². The van der Waals surface area contributed by atoms with Gasteiger partial charge in [-0.05, 0) is 46.2 Å². The molecule has 1 aliphatic rings. The number of quaternary nitrogens is 1. The molecule has 0 radical (unpaired) electrons. The Bertz CT molecular complexity index is 488. The minimum atomic E-state index is 0.635. The van der Waals surface area contributed by atoms with E-state index in [9.17, 15) is 4.79 Å². The molecule has 1 amide bonds. The number of carbonyl (C=O) groups is 1. The summed E-state index contributed by atoms with van der Waals surface area (Å²) in [6.07, 6.45) is 29.9. The summed E-state index contributed by atoms with van der Waals surface area (Å²) in [4.78, 5) is 18.2. The van der Waals surface area contributed by atoms with Crippen molar-refractivity contribution >= 4 is 6.41 Å². The summed E-state index contributed by atoms with van der Waals surface area (Å²) in [7, 11) is 4.37. The molecule has 1 saturated heterocycles. The molecule has 1 fully saturated rings. The molecule has 2 unspecified atom stereocenters. The second-order valence-corrected chi connectivity index (χ2v) is 11.9. The number of hydrogen-bond donors (Lipinski definition) is 1. The van der Waals surface area contributed by atoms with E-state index < -0.39 is 0 Å². The minimum Gasteiger partial charge on any atom is -0.321 e. The van der Waals surface area contributed by atoms with E-state index in [0.717, 1.165) is 6.42 Å². The van der Waals surface area contributed by atoms with Gasteiger partial charge in [-0.25, -0.2) is 5.48 Å². The van der Waals surface area contributed by atoms with Gasteiger partial charge in [0.15, 0.2) is 0 Å². The summed E-state index contributed by atoms with van der Waals surface area (Å²) in [6.45, 7) is 8.06. The lowest BCUT2D eigenvalue weighted by atomic mass is 9.94. The van der Waals surface area contributed by atoms with Gasteiger partial charge in [0, 0.05) is 19.4 Å². The zero-order chi connectivity index (χ0) is 26.2. The highest BCUT2D eigenvalue weighted by atomic mass is 16.6. The Morgan fingerprint density at radius 3 is 1.83 bits per heavy atom. The van der Waals surface area contributed by atoms with Crippen molar-refractivity contribution in [3.8, 4) is 0 Å². The van der Waals surface area contributed by atoms with E-state index in [4.69, 9.17) is 4.84 Å². The average Bonchev–Trinajstić information content (AvgIpc) is 2.87. The van der Waals surface area contributed by atoms with Crippen molar-refractivity contribution in [1.29, 1.82) is 0 Å². The molecule has 5 heteroatoms. The van der Waals surface area contributed by atoms with Crippen LogP contribution in [0, 0.1) is 0 Å². The molecule has 5 nitrogen and oxygen atoms in total. The molecule has 0 aliphatic carbocycles. The Balaban J connectivity index is 2.19. The maximum absolute atomic E-state index is 10.5. The Hall–Kier alpha value is -0.650. The summed E-state index contributed by atoms with van der Waals surface area (Å²) >= 11 is 0. The van der Waals surface area contributed by atoms with Crippen LogP contribution in [0.25, 0.3) is 0 Å². The predicted octanol–water partition coefficient (Wildman–Crippen LogP) is 7.64. The van der Waals surface area contributed by atoms with Gasteiger partial charge in [0.2, 0.25) is 6.41 Å². The van der Waals surface area contributed by atoms with Crippen LogP contribution in [0.15, 0.2) is 0 Å². The third-order valence-corrected chi connectivity index (χ3v) is 8.52. The van der Waals surface area contributed by atoms with Crippen LogP contribution in [0.1, 0.15) is 142 Å². The number of carbonyl (C=O) groups excluding carboxylic acids is 1. The van der Waals surface area contributed by atoms with Crippen LogP contribution in [0.5, 0.6) is 0 Å². The van der Waals surface area contributed by atoms with E-state index in [0.29, 0.717) is 19.1 Å². The van der Waals surface area contributed by atoms with Crippen LogP contribution < -0.4 is 5.48 Å². The van der Waals surface area contributed by atoms with Gasteiger partial charge in [0.25, 0.3) is 0 Å². The summed E-state index contributed by atoms with van der Waals surface area (Å²) in [5.74, 6) is 0. The Kier molecular flexibility index (Phi) is 21.8. The minimum absolute atomic E-state index is 0.635. The number of unbranched alkanes of at least 4 members (excludes halogenated alkanes) is 15. The van der Waals surface area contributed by atoms with Crippen LogP contribution in [-0.4, -0.2) is 68.7 Å². The summed E-state index contributed by atoms with van der Waals surface area (Å²) in [6, 6.07) is 0.686. The number of amides is 1. The number of nitrogens with zero attached hydrogens (tertiary/aromatic N) is 2. The van der Waals surface area contributed by atoms with Crippen molar-refractivity contribution in [2.75, 3.05) is 46.9 Å². The van der Waals surface area contributed by atoms with Gasteiger partial charge in [-0.15, -0.1) is 0 Å². The van der Waals surface area contributed by atoms with Crippen LogP contribution in [0.4, 0.5) is 0 Å². The first kappa shape index (κ1) is 33.4.